The standard InChI is InChI=1S/C19H18N6O2/c1-4-24(15-6-5-9-20-18(15)27-3)19(26)13-7-8-14-16(10-13)25-11-21-23-17(25)12(2)22-14/h5-11H,4H2,1-3H3. The van der Waals surface area contributed by atoms with E-state index in [1.54, 1.807) is 29.6 Å². The maximum atomic E-state index is 13.2. The van der Waals surface area contributed by atoms with Crippen LogP contribution in [0.25, 0.3) is 16.7 Å². The first-order valence-corrected chi connectivity index (χ1v) is 8.55. The summed E-state index contributed by atoms with van der Waals surface area (Å²) in [5.41, 5.74) is 4.18. The molecule has 0 atom stereocenters. The van der Waals surface area contributed by atoms with Gasteiger partial charge in [0.05, 0.1) is 23.8 Å². The van der Waals surface area contributed by atoms with Crippen LogP contribution in [0.4, 0.5) is 5.69 Å². The first kappa shape index (κ1) is 16.9. The summed E-state index contributed by atoms with van der Waals surface area (Å²) in [4.78, 5) is 23.6. The summed E-state index contributed by atoms with van der Waals surface area (Å²) < 4.78 is 7.15. The Morgan fingerprint density at radius 3 is 2.93 bits per heavy atom. The van der Waals surface area contributed by atoms with Gasteiger partial charge in [-0.2, -0.15) is 0 Å². The van der Waals surface area contributed by atoms with Gasteiger partial charge in [0.2, 0.25) is 5.88 Å². The predicted octanol–water partition coefficient (Wildman–Crippen LogP) is 2.66. The average Bonchev–Trinajstić information content (AvgIpc) is 3.19. The van der Waals surface area contributed by atoms with Crippen molar-refractivity contribution >= 4 is 28.3 Å². The van der Waals surface area contributed by atoms with Crippen LogP contribution < -0.4 is 9.64 Å². The van der Waals surface area contributed by atoms with E-state index in [4.69, 9.17) is 4.74 Å². The van der Waals surface area contributed by atoms with E-state index in [0.29, 0.717) is 29.3 Å². The quantitative estimate of drug-likeness (QED) is 0.555. The molecule has 0 bridgehead atoms. The number of amides is 1. The van der Waals surface area contributed by atoms with E-state index in [1.165, 1.54) is 7.11 Å². The van der Waals surface area contributed by atoms with E-state index < -0.39 is 0 Å². The second-order valence-corrected chi connectivity index (χ2v) is 6.01. The maximum Gasteiger partial charge on any atom is 0.258 e. The number of carbonyl (C=O) groups is 1. The number of ether oxygens (including phenoxy) is 1. The maximum absolute atomic E-state index is 13.2. The van der Waals surface area contributed by atoms with Gasteiger partial charge in [0.25, 0.3) is 5.91 Å². The highest BCUT2D eigenvalue weighted by Crippen LogP contribution is 2.27. The van der Waals surface area contributed by atoms with Crippen molar-refractivity contribution in [1.82, 2.24) is 24.6 Å². The molecule has 0 spiro atoms. The molecular formula is C19H18N6O2. The lowest BCUT2D eigenvalue weighted by Gasteiger charge is -2.22. The van der Waals surface area contributed by atoms with Gasteiger partial charge in [-0.25, -0.2) is 9.97 Å². The van der Waals surface area contributed by atoms with Crippen LogP contribution in [-0.2, 0) is 0 Å². The number of nitrogens with zero attached hydrogens (tertiary/aromatic N) is 6. The number of benzene rings is 1. The van der Waals surface area contributed by atoms with Crippen molar-refractivity contribution in [2.75, 3.05) is 18.6 Å². The van der Waals surface area contributed by atoms with Crippen LogP contribution in [0.15, 0.2) is 42.9 Å². The Morgan fingerprint density at radius 2 is 2.15 bits per heavy atom. The third-order valence-corrected chi connectivity index (χ3v) is 4.44. The molecule has 0 radical (unpaired) electrons. The van der Waals surface area contributed by atoms with Crippen molar-refractivity contribution in [1.29, 1.82) is 0 Å². The minimum Gasteiger partial charge on any atom is -0.480 e. The number of hydrogen-bond donors (Lipinski definition) is 0. The summed E-state index contributed by atoms with van der Waals surface area (Å²) in [6.45, 7) is 4.28. The molecule has 0 fully saturated rings. The van der Waals surface area contributed by atoms with Crippen LogP contribution in [0.1, 0.15) is 23.0 Å². The van der Waals surface area contributed by atoms with Gasteiger partial charge in [-0.15, -0.1) is 10.2 Å². The Balaban J connectivity index is 1.83. The molecule has 0 unspecified atom stereocenters. The Hall–Kier alpha value is -3.55. The normalized spacial score (nSPS) is 11.1. The van der Waals surface area contributed by atoms with Gasteiger partial charge in [0.15, 0.2) is 5.65 Å². The van der Waals surface area contributed by atoms with Crippen LogP contribution in [0, 0.1) is 6.92 Å². The Kier molecular flexibility index (Phi) is 4.15. The van der Waals surface area contributed by atoms with Crippen LogP contribution in [0.2, 0.25) is 0 Å². The fraction of sp³-hybridized carbons (Fsp3) is 0.211. The summed E-state index contributed by atoms with van der Waals surface area (Å²) in [5.74, 6) is 0.263. The number of methoxy groups -OCH3 is 1. The molecule has 1 amide bonds. The Labute approximate surface area is 155 Å². The van der Waals surface area contributed by atoms with Crippen LogP contribution in [0.3, 0.4) is 0 Å². The minimum absolute atomic E-state index is 0.146. The van der Waals surface area contributed by atoms with Gasteiger partial charge >= 0.3 is 0 Å². The summed E-state index contributed by atoms with van der Waals surface area (Å²) in [5, 5.41) is 8.06. The molecule has 0 aliphatic heterocycles. The van der Waals surface area contributed by atoms with E-state index >= 15 is 0 Å². The summed E-state index contributed by atoms with van der Waals surface area (Å²) in [6, 6.07) is 9.02. The lowest BCUT2D eigenvalue weighted by molar-refractivity contribution is 0.0987. The van der Waals surface area contributed by atoms with Crippen LogP contribution >= 0.6 is 0 Å². The summed E-state index contributed by atoms with van der Waals surface area (Å²) in [7, 11) is 1.54. The van der Waals surface area contributed by atoms with Gasteiger partial charge in [0.1, 0.15) is 12.0 Å². The molecule has 0 saturated heterocycles. The van der Waals surface area contributed by atoms with Crippen LogP contribution in [-0.4, -0.2) is 44.1 Å². The van der Waals surface area contributed by atoms with Crippen molar-refractivity contribution < 1.29 is 9.53 Å². The molecule has 4 rings (SSSR count). The zero-order chi connectivity index (χ0) is 19.0. The Morgan fingerprint density at radius 1 is 1.30 bits per heavy atom. The lowest BCUT2D eigenvalue weighted by atomic mass is 10.1. The van der Waals surface area contributed by atoms with E-state index in [0.717, 1.165) is 16.7 Å². The smallest absolute Gasteiger partial charge is 0.258 e. The van der Waals surface area contributed by atoms with E-state index in [2.05, 4.69) is 20.2 Å². The Bertz CT molecular complexity index is 1150. The fourth-order valence-electron chi connectivity index (χ4n) is 3.16. The number of rotatable bonds is 4. The molecule has 0 saturated carbocycles. The number of aromatic nitrogens is 5. The SMILES string of the molecule is CCN(C(=O)c1ccc2nc(C)c3nncn3c2c1)c1cccnc1OC. The highest BCUT2D eigenvalue weighted by molar-refractivity contribution is 6.08. The van der Waals surface area contributed by atoms with E-state index in [1.807, 2.05) is 36.4 Å². The lowest BCUT2D eigenvalue weighted by Crippen LogP contribution is -2.31. The number of pyridine rings is 1. The molecule has 8 nitrogen and oxygen atoms in total. The number of hydrogen-bond acceptors (Lipinski definition) is 6. The van der Waals surface area contributed by atoms with E-state index in [-0.39, 0.29) is 5.91 Å². The molecule has 136 valence electrons. The molecule has 4 aromatic rings. The van der Waals surface area contributed by atoms with Gasteiger partial charge in [-0.3, -0.25) is 9.20 Å². The number of fused-ring (bicyclic) bond motifs is 3. The van der Waals surface area contributed by atoms with Crippen molar-refractivity contribution in [3.8, 4) is 5.88 Å². The van der Waals surface area contributed by atoms with Gasteiger partial charge < -0.3 is 9.64 Å². The first-order chi connectivity index (χ1) is 13.1. The van der Waals surface area contributed by atoms with Crippen molar-refractivity contribution in [3.63, 3.8) is 0 Å². The molecule has 0 aliphatic rings. The molecule has 8 heteroatoms. The highest BCUT2D eigenvalue weighted by atomic mass is 16.5. The second kappa shape index (κ2) is 6.64. The van der Waals surface area contributed by atoms with Gasteiger partial charge in [-0.1, -0.05) is 0 Å². The predicted molar refractivity (Wildman–Crippen MR) is 101 cm³/mol. The largest absolute Gasteiger partial charge is 0.480 e. The van der Waals surface area contributed by atoms with Crippen molar-refractivity contribution in [2.45, 2.75) is 13.8 Å². The third-order valence-electron chi connectivity index (χ3n) is 4.44. The molecular weight excluding hydrogens is 344 g/mol. The molecule has 0 N–H and O–H groups in total. The first-order valence-electron chi connectivity index (χ1n) is 8.55. The molecule has 0 aliphatic carbocycles. The molecule has 1 aromatic carbocycles. The second-order valence-electron chi connectivity index (χ2n) is 6.01. The van der Waals surface area contributed by atoms with Crippen molar-refractivity contribution in [2.24, 2.45) is 0 Å². The summed E-state index contributed by atoms with van der Waals surface area (Å²) in [6.07, 6.45) is 3.26. The monoisotopic (exact) mass is 362 g/mol. The number of anilines is 1. The zero-order valence-corrected chi connectivity index (χ0v) is 15.2. The van der Waals surface area contributed by atoms with Crippen LogP contribution in [0.5, 0.6) is 5.88 Å². The minimum atomic E-state index is -0.146. The zero-order valence-electron chi connectivity index (χ0n) is 15.2. The average molecular weight is 362 g/mol. The molecule has 27 heavy (non-hydrogen) atoms. The van der Waals surface area contributed by atoms with Gasteiger partial charge in [0, 0.05) is 18.3 Å². The molecule has 3 heterocycles. The van der Waals surface area contributed by atoms with Crippen molar-refractivity contribution in [3.05, 3.63) is 54.1 Å². The number of aryl methyl sites for hydroxylation is 1. The van der Waals surface area contributed by atoms with E-state index in [9.17, 15) is 4.79 Å². The summed E-state index contributed by atoms with van der Waals surface area (Å²) >= 11 is 0. The fourth-order valence-corrected chi connectivity index (χ4v) is 3.16. The highest BCUT2D eigenvalue weighted by Gasteiger charge is 2.21. The van der Waals surface area contributed by atoms with Gasteiger partial charge in [-0.05, 0) is 44.2 Å². The third kappa shape index (κ3) is 2.75. The number of carbonyl (C=O) groups excluding carboxylic acids is 1. The topological polar surface area (TPSA) is 85.5 Å². The molecule has 3 aromatic heterocycles.